The van der Waals surface area contributed by atoms with E-state index in [1.165, 1.54) is 19.2 Å². The summed E-state index contributed by atoms with van der Waals surface area (Å²) >= 11 is 11.0. The molecule has 0 unspecified atom stereocenters. The van der Waals surface area contributed by atoms with Gasteiger partial charge in [0, 0.05) is 11.6 Å². The Labute approximate surface area is 147 Å². The van der Waals surface area contributed by atoms with E-state index in [9.17, 15) is 14.9 Å². The van der Waals surface area contributed by atoms with Crippen LogP contribution in [0.1, 0.15) is 10.4 Å². The highest BCUT2D eigenvalue weighted by Gasteiger charge is 2.18. The third-order valence-corrected chi connectivity index (χ3v) is 3.52. The van der Waals surface area contributed by atoms with E-state index in [0.717, 1.165) is 6.07 Å². The zero-order valence-corrected chi connectivity index (χ0v) is 14.0. The average Bonchev–Trinajstić information content (AvgIpc) is 2.56. The van der Waals surface area contributed by atoms with Gasteiger partial charge in [-0.05, 0) is 36.5 Å². The maximum atomic E-state index is 12.2. The van der Waals surface area contributed by atoms with Gasteiger partial charge in [-0.2, -0.15) is 0 Å². The highest BCUT2D eigenvalue weighted by atomic mass is 35.5. The number of halogens is 1. The van der Waals surface area contributed by atoms with Crippen LogP contribution in [-0.2, 0) is 0 Å². The number of nitrogens with one attached hydrogen (secondary N) is 2. The first kappa shape index (κ1) is 17.6. The largest absolute Gasteiger partial charge is 0.490 e. The Kier molecular flexibility index (Phi) is 5.67. The topological polar surface area (TPSA) is 93.5 Å². The minimum Gasteiger partial charge on any atom is -0.490 e. The maximum Gasteiger partial charge on any atom is 0.311 e. The number of thiocarbonyl (C=S) groups is 1. The second kappa shape index (κ2) is 7.71. The number of carbonyl (C=O) groups excluding carboxylic acids is 1. The first-order valence-electron chi connectivity index (χ1n) is 6.61. The summed E-state index contributed by atoms with van der Waals surface area (Å²) in [5.74, 6) is -0.529. The van der Waals surface area contributed by atoms with Crippen LogP contribution in [0.15, 0.2) is 42.5 Å². The number of amides is 1. The number of nitro benzene ring substituents is 1. The Morgan fingerprint density at radius 2 is 2.00 bits per heavy atom. The fourth-order valence-corrected chi connectivity index (χ4v) is 2.25. The highest BCUT2D eigenvalue weighted by molar-refractivity contribution is 7.80. The van der Waals surface area contributed by atoms with Crippen molar-refractivity contribution in [2.45, 2.75) is 0 Å². The van der Waals surface area contributed by atoms with E-state index >= 15 is 0 Å². The monoisotopic (exact) mass is 365 g/mol. The van der Waals surface area contributed by atoms with Gasteiger partial charge < -0.3 is 10.1 Å². The number of methoxy groups -OCH3 is 1. The van der Waals surface area contributed by atoms with Crippen molar-refractivity contribution < 1.29 is 14.5 Å². The quantitative estimate of drug-likeness (QED) is 0.490. The van der Waals surface area contributed by atoms with Gasteiger partial charge in [-0.3, -0.25) is 20.2 Å². The summed E-state index contributed by atoms with van der Waals surface area (Å²) in [6.07, 6.45) is 0. The van der Waals surface area contributed by atoms with E-state index in [-0.39, 0.29) is 22.1 Å². The van der Waals surface area contributed by atoms with Crippen molar-refractivity contribution in [2.75, 3.05) is 12.4 Å². The molecule has 0 aromatic heterocycles. The molecule has 0 aliphatic heterocycles. The van der Waals surface area contributed by atoms with Crippen LogP contribution < -0.4 is 15.4 Å². The number of nitro groups is 1. The van der Waals surface area contributed by atoms with Gasteiger partial charge in [0.15, 0.2) is 10.9 Å². The number of nitrogens with zero attached hydrogens (tertiary/aromatic N) is 1. The third-order valence-electron chi connectivity index (χ3n) is 2.99. The standard InChI is InChI=1S/C15H12ClN3O4S/c1-23-13-7-6-9(8-12(13)19(21)22)14(20)18-15(24)17-11-5-3-2-4-10(11)16/h2-8H,1H3,(H2,17,18,20,24). The second-order valence-corrected chi connectivity index (χ2v) is 5.35. The molecule has 7 nitrogen and oxygen atoms in total. The minimum absolute atomic E-state index is 0.0200. The van der Waals surface area contributed by atoms with Crippen LogP contribution in [0.2, 0.25) is 5.02 Å². The molecule has 0 saturated heterocycles. The van der Waals surface area contributed by atoms with Crippen LogP contribution in [0.25, 0.3) is 0 Å². The lowest BCUT2D eigenvalue weighted by atomic mass is 10.2. The predicted molar refractivity (Wildman–Crippen MR) is 94.8 cm³/mol. The molecule has 2 N–H and O–H groups in total. The second-order valence-electron chi connectivity index (χ2n) is 4.53. The van der Waals surface area contributed by atoms with Gasteiger partial charge in [0.1, 0.15) is 0 Å². The zero-order valence-electron chi connectivity index (χ0n) is 12.4. The fourth-order valence-electron chi connectivity index (χ4n) is 1.87. The summed E-state index contributed by atoms with van der Waals surface area (Å²) in [5, 5.41) is 16.7. The molecule has 0 radical (unpaired) electrons. The van der Waals surface area contributed by atoms with Crippen molar-refractivity contribution in [3.05, 3.63) is 63.2 Å². The number of rotatable bonds is 4. The van der Waals surface area contributed by atoms with Crippen LogP contribution in [0.3, 0.4) is 0 Å². The van der Waals surface area contributed by atoms with E-state index in [1.54, 1.807) is 24.3 Å². The molecule has 0 saturated carbocycles. The number of hydrogen-bond donors (Lipinski definition) is 2. The predicted octanol–water partition coefficient (Wildman–Crippen LogP) is 3.38. The molecule has 0 aliphatic carbocycles. The molecule has 0 atom stereocenters. The average molecular weight is 366 g/mol. The molecule has 2 rings (SSSR count). The Bertz CT molecular complexity index is 813. The van der Waals surface area contributed by atoms with Crippen molar-refractivity contribution in [3.63, 3.8) is 0 Å². The molecule has 0 aliphatic rings. The number of para-hydroxylation sites is 1. The number of carbonyl (C=O) groups is 1. The van der Waals surface area contributed by atoms with E-state index < -0.39 is 10.8 Å². The Morgan fingerprint density at radius 3 is 2.62 bits per heavy atom. The van der Waals surface area contributed by atoms with Gasteiger partial charge in [-0.1, -0.05) is 23.7 Å². The van der Waals surface area contributed by atoms with Crippen molar-refractivity contribution in [3.8, 4) is 5.75 Å². The number of anilines is 1. The van der Waals surface area contributed by atoms with Gasteiger partial charge in [0.2, 0.25) is 0 Å². The molecule has 0 fully saturated rings. The third kappa shape index (κ3) is 4.18. The number of ether oxygens (including phenoxy) is 1. The molecule has 0 spiro atoms. The summed E-state index contributed by atoms with van der Waals surface area (Å²) < 4.78 is 4.89. The van der Waals surface area contributed by atoms with Crippen LogP contribution >= 0.6 is 23.8 Å². The van der Waals surface area contributed by atoms with Gasteiger partial charge in [0.25, 0.3) is 5.91 Å². The molecule has 2 aromatic carbocycles. The molecular formula is C15H12ClN3O4S. The van der Waals surface area contributed by atoms with Gasteiger partial charge in [-0.25, -0.2) is 0 Å². The maximum absolute atomic E-state index is 12.2. The number of benzene rings is 2. The van der Waals surface area contributed by atoms with Crippen LogP contribution in [0.4, 0.5) is 11.4 Å². The summed E-state index contributed by atoms with van der Waals surface area (Å²) in [6, 6.07) is 10.7. The molecule has 2 aromatic rings. The van der Waals surface area contributed by atoms with E-state index in [2.05, 4.69) is 10.6 Å². The Morgan fingerprint density at radius 1 is 1.29 bits per heavy atom. The molecular weight excluding hydrogens is 354 g/mol. The fraction of sp³-hybridized carbons (Fsp3) is 0.0667. The van der Waals surface area contributed by atoms with E-state index in [1.807, 2.05) is 0 Å². The minimum atomic E-state index is -0.629. The molecule has 1 amide bonds. The highest BCUT2D eigenvalue weighted by Crippen LogP contribution is 2.27. The van der Waals surface area contributed by atoms with Gasteiger partial charge >= 0.3 is 5.69 Å². The lowest BCUT2D eigenvalue weighted by Crippen LogP contribution is -2.34. The first-order valence-corrected chi connectivity index (χ1v) is 7.40. The normalized spacial score (nSPS) is 9.92. The summed E-state index contributed by atoms with van der Waals surface area (Å²) in [6.45, 7) is 0. The zero-order chi connectivity index (χ0) is 17.7. The number of hydrogen-bond acceptors (Lipinski definition) is 5. The SMILES string of the molecule is COc1ccc(C(=O)NC(=S)Nc2ccccc2Cl)cc1[N+](=O)[O-]. The van der Waals surface area contributed by atoms with Crippen LogP contribution in [-0.4, -0.2) is 23.1 Å². The Hall–Kier alpha value is -2.71. The van der Waals surface area contributed by atoms with Crippen molar-refractivity contribution >= 4 is 46.2 Å². The smallest absolute Gasteiger partial charge is 0.311 e. The van der Waals surface area contributed by atoms with Crippen LogP contribution in [0, 0.1) is 10.1 Å². The molecule has 9 heteroatoms. The van der Waals surface area contributed by atoms with E-state index in [0.29, 0.717) is 10.7 Å². The van der Waals surface area contributed by atoms with Gasteiger partial charge in [-0.15, -0.1) is 0 Å². The lowest BCUT2D eigenvalue weighted by Gasteiger charge is -2.11. The molecule has 0 heterocycles. The summed E-state index contributed by atoms with van der Waals surface area (Å²) in [4.78, 5) is 22.5. The van der Waals surface area contributed by atoms with Crippen molar-refractivity contribution in [2.24, 2.45) is 0 Å². The van der Waals surface area contributed by atoms with Crippen molar-refractivity contribution in [1.82, 2.24) is 5.32 Å². The van der Waals surface area contributed by atoms with Crippen molar-refractivity contribution in [1.29, 1.82) is 0 Å². The summed E-state index contributed by atoms with van der Waals surface area (Å²) in [7, 11) is 1.31. The lowest BCUT2D eigenvalue weighted by molar-refractivity contribution is -0.385. The van der Waals surface area contributed by atoms with Gasteiger partial charge in [0.05, 0.1) is 22.7 Å². The van der Waals surface area contributed by atoms with Crippen LogP contribution in [0.5, 0.6) is 5.75 Å². The molecule has 0 bridgehead atoms. The Balaban J connectivity index is 2.12. The molecule has 24 heavy (non-hydrogen) atoms. The van der Waals surface area contributed by atoms with E-state index in [4.69, 9.17) is 28.6 Å². The first-order chi connectivity index (χ1) is 11.4. The summed E-state index contributed by atoms with van der Waals surface area (Å²) in [5.41, 5.74) is 0.297. The molecule has 124 valence electrons.